The maximum atomic E-state index is 12.5. The van der Waals surface area contributed by atoms with Crippen LogP contribution < -0.4 is 4.74 Å². The summed E-state index contributed by atoms with van der Waals surface area (Å²) >= 11 is 3.41. The number of benzene rings is 1. The van der Waals surface area contributed by atoms with Gasteiger partial charge in [0.1, 0.15) is 5.75 Å². The van der Waals surface area contributed by atoms with E-state index in [1.165, 1.54) is 0 Å². The van der Waals surface area contributed by atoms with Crippen LogP contribution in [-0.2, 0) is 4.74 Å². The van der Waals surface area contributed by atoms with E-state index >= 15 is 0 Å². The summed E-state index contributed by atoms with van der Waals surface area (Å²) in [6, 6.07) is 5.49. The number of ether oxygens (including phenoxy) is 2. The highest BCUT2D eigenvalue weighted by Gasteiger charge is 2.28. The van der Waals surface area contributed by atoms with Gasteiger partial charge in [0, 0.05) is 12.1 Å². The van der Waals surface area contributed by atoms with Crippen molar-refractivity contribution in [1.29, 1.82) is 0 Å². The lowest BCUT2D eigenvalue weighted by atomic mass is 10.1. The van der Waals surface area contributed by atoms with Crippen molar-refractivity contribution in [2.75, 3.05) is 20.3 Å². The molecule has 0 saturated carbocycles. The zero-order valence-corrected chi connectivity index (χ0v) is 12.9. The molecule has 4 nitrogen and oxygen atoms in total. The summed E-state index contributed by atoms with van der Waals surface area (Å²) in [4.78, 5) is 14.4. The van der Waals surface area contributed by atoms with Crippen molar-refractivity contribution in [3.05, 3.63) is 28.2 Å². The Bertz CT molecular complexity index is 478. The van der Waals surface area contributed by atoms with E-state index in [2.05, 4.69) is 15.9 Å². The minimum Gasteiger partial charge on any atom is -0.496 e. The fourth-order valence-electron chi connectivity index (χ4n) is 2.15. The molecule has 0 N–H and O–H groups in total. The largest absolute Gasteiger partial charge is 0.496 e. The molecule has 104 valence electrons. The van der Waals surface area contributed by atoms with E-state index in [4.69, 9.17) is 9.47 Å². The van der Waals surface area contributed by atoms with Gasteiger partial charge in [-0.3, -0.25) is 4.79 Å². The molecular weight excluding hydrogens is 310 g/mol. The monoisotopic (exact) mass is 327 g/mol. The van der Waals surface area contributed by atoms with Crippen molar-refractivity contribution in [3.8, 4) is 5.75 Å². The van der Waals surface area contributed by atoms with Crippen LogP contribution in [-0.4, -0.2) is 43.2 Å². The summed E-state index contributed by atoms with van der Waals surface area (Å²) in [5.74, 6) is 0.756. The van der Waals surface area contributed by atoms with E-state index in [0.717, 1.165) is 10.2 Å². The van der Waals surface area contributed by atoms with Crippen molar-refractivity contribution < 1.29 is 14.3 Å². The summed E-state index contributed by atoms with van der Waals surface area (Å²) < 4.78 is 11.5. The van der Waals surface area contributed by atoms with E-state index in [1.54, 1.807) is 25.3 Å². The number of carbonyl (C=O) groups is 1. The minimum absolute atomic E-state index is 0.0333. The summed E-state index contributed by atoms with van der Waals surface area (Å²) in [6.07, 6.45) is 0.0850. The van der Waals surface area contributed by atoms with Crippen LogP contribution in [0.5, 0.6) is 5.75 Å². The zero-order valence-electron chi connectivity index (χ0n) is 11.4. The Morgan fingerprint density at radius 1 is 1.47 bits per heavy atom. The molecule has 1 heterocycles. The fraction of sp³-hybridized carbons (Fsp3) is 0.500. The lowest BCUT2D eigenvalue weighted by molar-refractivity contribution is -0.0387. The van der Waals surface area contributed by atoms with Crippen LogP contribution in [0, 0.1) is 0 Å². The second kappa shape index (κ2) is 5.92. The van der Waals surface area contributed by atoms with Gasteiger partial charge >= 0.3 is 0 Å². The third-order valence-corrected chi connectivity index (χ3v) is 3.89. The van der Waals surface area contributed by atoms with Gasteiger partial charge in [-0.2, -0.15) is 0 Å². The molecule has 0 aliphatic carbocycles. The van der Waals surface area contributed by atoms with Crippen molar-refractivity contribution in [2.45, 2.75) is 26.0 Å². The van der Waals surface area contributed by atoms with Crippen LogP contribution in [0.15, 0.2) is 22.7 Å². The molecule has 0 bridgehead atoms. The van der Waals surface area contributed by atoms with Crippen LogP contribution in [0.2, 0.25) is 0 Å². The van der Waals surface area contributed by atoms with Gasteiger partial charge in [0.25, 0.3) is 5.91 Å². The third-order valence-electron chi connectivity index (χ3n) is 3.27. The fourth-order valence-corrected chi connectivity index (χ4v) is 2.69. The first kappa shape index (κ1) is 14.3. The summed E-state index contributed by atoms with van der Waals surface area (Å²) in [7, 11) is 1.60. The molecule has 1 aromatic carbocycles. The van der Waals surface area contributed by atoms with Gasteiger partial charge in [-0.05, 0) is 48.0 Å². The molecule has 1 saturated heterocycles. The standard InChI is InChI=1S/C14H18BrNO3/c1-9-8-19-10(2)7-16(9)14(17)11-4-5-13(18-3)12(15)6-11/h4-6,9-10H,7-8H2,1-3H3. The Morgan fingerprint density at radius 2 is 2.21 bits per heavy atom. The second-order valence-electron chi connectivity index (χ2n) is 4.80. The van der Waals surface area contributed by atoms with Gasteiger partial charge in [-0.25, -0.2) is 0 Å². The average Bonchev–Trinajstić information content (AvgIpc) is 2.40. The predicted molar refractivity (Wildman–Crippen MR) is 76.6 cm³/mol. The number of amides is 1. The van der Waals surface area contributed by atoms with Crippen LogP contribution in [0.1, 0.15) is 24.2 Å². The van der Waals surface area contributed by atoms with Crippen LogP contribution in [0.25, 0.3) is 0 Å². The maximum Gasteiger partial charge on any atom is 0.254 e. The average molecular weight is 328 g/mol. The lowest BCUT2D eigenvalue weighted by Crippen LogP contribution is -2.50. The third kappa shape index (κ3) is 3.09. The highest BCUT2D eigenvalue weighted by molar-refractivity contribution is 9.10. The van der Waals surface area contributed by atoms with Crippen LogP contribution in [0.3, 0.4) is 0 Å². The quantitative estimate of drug-likeness (QED) is 0.838. The van der Waals surface area contributed by atoms with Crippen molar-refractivity contribution >= 4 is 21.8 Å². The molecule has 1 aliphatic rings. The molecule has 1 aromatic rings. The number of nitrogens with zero attached hydrogens (tertiary/aromatic N) is 1. The molecule has 1 aliphatic heterocycles. The minimum atomic E-state index is 0.0333. The van der Waals surface area contributed by atoms with E-state index in [0.29, 0.717) is 18.7 Å². The molecule has 19 heavy (non-hydrogen) atoms. The zero-order chi connectivity index (χ0) is 14.0. The van der Waals surface area contributed by atoms with Crippen molar-refractivity contribution in [3.63, 3.8) is 0 Å². The van der Waals surface area contributed by atoms with E-state index in [1.807, 2.05) is 18.7 Å². The Hall–Kier alpha value is -1.07. The lowest BCUT2D eigenvalue weighted by Gasteiger charge is -2.36. The SMILES string of the molecule is COc1ccc(C(=O)N2CC(C)OCC2C)cc1Br. The van der Waals surface area contributed by atoms with Gasteiger partial charge in [0.2, 0.25) is 0 Å². The first-order valence-electron chi connectivity index (χ1n) is 6.29. The Kier molecular flexibility index (Phi) is 4.47. The topological polar surface area (TPSA) is 38.8 Å². The number of methoxy groups -OCH3 is 1. The van der Waals surface area contributed by atoms with Gasteiger partial charge < -0.3 is 14.4 Å². The number of halogens is 1. The molecule has 2 rings (SSSR count). The Labute approximate surface area is 121 Å². The van der Waals surface area contributed by atoms with Crippen molar-refractivity contribution in [2.24, 2.45) is 0 Å². The predicted octanol–water partition coefficient (Wildman–Crippen LogP) is 2.71. The molecule has 1 fully saturated rings. The van der Waals surface area contributed by atoms with Gasteiger partial charge in [-0.15, -0.1) is 0 Å². The highest BCUT2D eigenvalue weighted by atomic mass is 79.9. The number of rotatable bonds is 2. The molecule has 5 heteroatoms. The number of hydrogen-bond donors (Lipinski definition) is 0. The first-order valence-corrected chi connectivity index (χ1v) is 7.08. The van der Waals surface area contributed by atoms with E-state index < -0.39 is 0 Å². The molecule has 1 amide bonds. The van der Waals surface area contributed by atoms with E-state index in [-0.39, 0.29) is 18.1 Å². The van der Waals surface area contributed by atoms with Gasteiger partial charge in [0.15, 0.2) is 0 Å². The van der Waals surface area contributed by atoms with E-state index in [9.17, 15) is 4.79 Å². The number of morpholine rings is 1. The molecule has 0 spiro atoms. The molecular formula is C14H18BrNO3. The molecule has 2 atom stereocenters. The first-order chi connectivity index (χ1) is 9.02. The molecule has 2 unspecified atom stereocenters. The molecule has 0 aromatic heterocycles. The number of carbonyl (C=O) groups excluding carboxylic acids is 1. The molecule has 0 radical (unpaired) electrons. The van der Waals surface area contributed by atoms with Gasteiger partial charge in [-0.1, -0.05) is 0 Å². The maximum absolute atomic E-state index is 12.5. The van der Waals surface area contributed by atoms with Crippen LogP contribution in [0.4, 0.5) is 0 Å². The summed E-state index contributed by atoms with van der Waals surface area (Å²) in [5, 5.41) is 0. The summed E-state index contributed by atoms with van der Waals surface area (Å²) in [6.45, 7) is 5.20. The Morgan fingerprint density at radius 3 is 2.84 bits per heavy atom. The highest BCUT2D eigenvalue weighted by Crippen LogP contribution is 2.26. The normalized spacial score (nSPS) is 23.3. The van der Waals surface area contributed by atoms with Crippen LogP contribution >= 0.6 is 15.9 Å². The smallest absolute Gasteiger partial charge is 0.254 e. The Balaban J connectivity index is 2.21. The second-order valence-corrected chi connectivity index (χ2v) is 5.65. The van der Waals surface area contributed by atoms with Crippen molar-refractivity contribution in [1.82, 2.24) is 4.90 Å². The van der Waals surface area contributed by atoms with Gasteiger partial charge in [0.05, 0.1) is 30.3 Å². The number of hydrogen-bond acceptors (Lipinski definition) is 3. The summed E-state index contributed by atoms with van der Waals surface area (Å²) in [5.41, 5.74) is 0.661.